The number of nitro groups is 1. The second kappa shape index (κ2) is 12.7. The molecule has 39 heavy (non-hydrogen) atoms. The largest absolute Gasteiger partial charge is 0.474 e. The summed E-state index contributed by atoms with van der Waals surface area (Å²) in [6, 6.07) is 8.97. The van der Waals surface area contributed by atoms with Gasteiger partial charge in [-0.05, 0) is 62.1 Å². The fraction of sp³-hybridized carbons (Fsp3) is 0.571. The van der Waals surface area contributed by atoms with Gasteiger partial charge in [-0.1, -0.05) is 25.5 Å². The van der Waals surface area contributed by atoms with Crippen LogP contribution in [0.15, 0.2) is 36.4 Å². The van der Waals surface area contributed by atoms with Gasteiger partial charge in [0.1, 0.15) is 17.5 Å². The van der Waals surface area contributed by atoms with Gasteiger partial charge in [-0.25, -0.2) is 0 Å². The first-order valence-corrected chi connectivity index (χ1v) is 13.6. The molecule has 1 aromatic carbocycles. The highest BCUT2D eigenvalue weighted by molar-refractivity contribution is 5.76. The van der Waals surface area contributed by atoms with Crippen LogP contribution in [-0.2, 0) is 17.4 Å². The Labute approximate surface area is 226 Å². The summed E-state index contributed by atoms with van der Waals surface area (Å²) in [6.07, 6.45) is 1.25. The minimum atomic E-state index is -4.77. The molecule has 2 heterocycles. The van der Waals surface area contributed by atoms with Crippen molar-refractivity contribution in [2.75, 3.05) is 31.1 Å². The molecule has 1 saturated carbocycles. The molecule has 212 valence electrons. The first-order valence-electron chi connectivity index (χ1n) is 13.6. The van der Waals surface area contributed by atoms with Gasteiger partial charge >= 0.3 is 6.18 Å². The molecule has 1 saturated heterocycles. The van der Waals surface area contributed by atoms with Crippen LogP contribution in [0, 0.1) is 16.0 Å². The summed E-state index contributed by atoms with van der Waals surface area (Å²) in [7, 11) is 0. The van der Waals surface area contributed by atoms with Crippen molar-refractivity contribution < 1.29 is 27.6 Å². The highest BCUT2D eigenvalue weighted by Gasteiger charge is 2.38. The number of halogens is 3. The Morgan fingerprint density at radius 1 is 1.10 bits per heavy atom. The first kappa shape index (κ1) is 28.6. The molecule has 0 radical (unpaired) electrons. The van der Waals surface area contributed by atoms with Crippen LogP contribution in [0.1, 0.15) is 63.0 Å². The van der Waals surface area contributed by atoms with Crippen LogP contribution < -0.4 is 9.64 Å². The van der Waals surface area contributed by atoms with Crippen molar-refractivity contribution in [3.63, 3.8) is 0 Å². The van der Waals surface area contributed by atoms with Gasteiger partial charge in [0.15, 0.2) is 0 Å². The summed E-state index contributed by atoms with van der Waals surface area (Å²) in [5.74, 6) is 1.76. The SMILES string of the molecule is CCCCC(=O)N1CCN(c2cccc(OC3CCC(Cc4ccc([N+](=O)[O-])c(C(F)(F)F)c4)CC3)n2)CC1. The molecule has 1 aliphatic heterocycles. The molecule has 2 aliphatic rings. The van der Waals surface area contributed by atoms with Gasteiger partial charge in [0.2, 0.25) is 11.8 Å². The molecule has 1 aromatic heterocycles. The van der Waals surface area contributed by atoms with Crippen LogP contribution in [0.4, 0.5) is 24.7 Å². The molecule has 1 aliphatic carbocycles. The van der Waals surface area contributed by atoms with Crippen molar-refractivity contribution in [2.24, 2.45) is 5.92 Å². The number of nitro benzene ring substituents is 1. The second-order valence-corrected chi connectivity index (χ2v) is 10.4. The van der Waals surface area contributed by atoms with Crippen molar-refractivity contribution in [1.29, 1.82) is 0 Å². The van der Waals surface area contributed by atoms with E-state index in [4.69, 9.17) is 9.72 Å². The maximum atomic E-state index is 13.3. The molecule has 4 rings (SSSR count). The molecule has 0 bridgehead atoms. The van der Waals surface area contributed by atoms with E-state index in [1.54, 1.807) is 0 Å². The summed E-state index contributed by atoms with van der Waals surface area (Å²) < 4.78 is 46.1. The maximum Gasteiger partial charge on any atom is 0.423 e. The van der Waals surface area contributed by atoms with Gasteiger partial charge in [0, 0.05) is 44.7 Å². The van der Waals surface area contributed by atoms with Crippen LogP contribution in [0.3, 0.4) is 0 Å². The van der Waals surface area contributed by atoms with Crippen molar-refractivity contribution in [3.8, 4) is 5.88 Å². The number of hydrogen-bond donors (Lipinski definition) is 0. The lowest BCUT2D eigenvalue weighted by atomic mass is 9.83. The Kier molecular flexibility index (Phi) is 9.29. The summed E-state index contributed by atoms with van der Waals surface area (Å²) in [4.78, 5) is 31.1. The predicted molar refractivity (Wildman–Crippen MR) is 141 cm³/mol. The number of benzene rings is 1. The Balaban J connectivity index is 1.27. The Morgan fingerprint density at radius 2 is 1.82 bits per heavy atom. The van der Waals surface area contributed by atoms with Crippen LogP contribution in [0.2, 0.25) is 0 Å². The molecule has 0 spiro atoms. The summed E-state index contributed by atoms with van der Waals surface area (Å²) >= 11 is 0. The van der Waals surface area contributed by atoms with E-state index in [2.05, 4.69) is 11.8 Å². The van der Waals surface area contributed by atoms with Crippen LogP contribution in [0.5, 0.6) is 5.88 Å². The van der Waals surface area contributed by atoms with Gasteiger partial charge in [0.05, 0.1) is 4.92 Å². The zero-order valence-electron chi connectivity index (χ0n) is 22.2. The minimum absolute atomic E-state index is 0.0281. The standard InChI is InChI=1S/C28H35F3N4O4/c1-2-3-7-27(36)34-16-14-33(15-17-34)25-5-4-6-26(32-25)39-22-11-8-20(9-12-22)18-21-10-13-24(35(37)38)23(19-21)28(29,30)31/h4-6,10,13,19-20,22H,2-3,7-9,11-12,14-18H2,1H3. The van der Waals surface area contributed by atoms with Crippen LogP contribution >= 0.6 is 0 Å². The minimum Gasteiger partial charge on any atom is -0.474 e. The number of carbonyl (C=O) groups is 1. The van der Waals surface area contributed by atoms with Crippen molar-refractivity contribution >= 4 is 17.4 Å². The summed E-state index contributed by atoms with van der Waals surface area (Å²) in [5.41, 5.74) is -1.66. The maximum absolute atomic E-state index is 13.3. The number of alkyl halides is 3. The van der Waals surface area contributed by atoms with E-state index < -0.39 is 22.4 Å². The second-order valence-electron chi connectivity index (χ2n) is 10.4. The van der Waals surface area contributed by atoms with E-state index in [0.717, 1.165) is 69.6 Å². The number of piperazine rings is 1. The van der Waals surface area contributed by atoms with Gasteiger partial charge < -0.3 is 14.5 Å². The Morgan fingerprint density at radius 3 is 2.46 bits per heavy atom. The molecule has 2 fully saturated rings. The molecule has 0 unspecified atom stereocenters. The van der Waals surface area contributed by atoms with Crippen molar-refractivity contribution in [1.82, 2.24) is 9.88 Å². The number of ether oxygens (including phenoxy) is 1. The smallest absolute Gasteiger partial charge is 0.423 e. The highest BCUT2D eigenvalue weighted by atomic mass is 19.4. The number of anilines is 1. The average Bonchev–Trinajstić information content (AvgIpc) is 2.92. The lowest BCUT2D eigenvalue weighted by Gasteiger charge is -2.35. The monoisotopic (exact) mass is 548 g/mol. The molecule has 11 heteroatoms. The third-order valence-corrected chi connectivity index (χ3v) is 7.58. The predicted octanol–water partition coefficient (Wildman–Crippen LogP) is 6.03. The first-order chi connectivity index (χ1) is 18.6. The highest BCUT2D eigenvalue weighted by Crippen LogP contribution is 2.38. The number of pyridine rings is 1. The van der Waals surface area contributed by atoms with Gasteiger partial charge in [-0.3, -0.25) is 14.9 Å². The van der Waals surface area contributed by atoms with E-state index in [0.29, 0.717) is 37.4 Å². The van der Waals surface area contributed by atoms with Gasteiger partial charge in [0.25, 0.3) is 5.69 Å². The van der Waals surface area contributed by atoms with Gasteiger partial charge in [-0.15, -0.1) is 0 Å². The Bertz CT molecular complexity index is 1140. The molecule has 0 atom stereocenters. The third kappa shape index (κ3) is 7.60. The van der Waals surface area contributed by atoms with Gasteiger partial charge in [-0.2, -0.15) is 18.2 Å². The third-order valence-electron chi connectivity index (χ3n) is 7.58. The molecule has 8 nitrogen and oxygen atoms in total. The molecule has 0 N–H and O–H groups in total. The van der Waals surface area contributed by atoms with Crippen molar-refractivity contribution in [3.05, 3.63) is 57.6 Å². The number of unbranched alkanes of at least 4 members (excludes halogenated alkanes) is 1. The lowest BCUT2D eigenvalue weighted by molar-refractivity contribution is -0.388. The molecule has 2 aromatic rings. The number of hydrogen-bond acceptors (Lipinski definition) is 6. The summed E-state index contributed by atoms with van der Waals surface area (Å²) in [6.45, 7) is 4.88. The van der Waals surface area contributed by atoms with E-state index >= 15 is 0 Å². The van der Waals surface area contributed by atoms with Crippen LogP contribution in [-0.4, -0.2) is 53.0 Å². The normalized spacial score (nSPS) is 20.1. The summed E-state index contributed by atoms with van der Waals surface area (Å²) in [5, 5.41) is 11.0. The average molecular weight is 549 g/mol. The lowest BCUT2D eigenvalue weighted by Crippen LogP contribution is -2.49. The Hall–Kier alpha value is -3.37. The number of aromatic nitrogens is 1. The van der Waals surface area contributed by atoms with E-state index in [1.807, 2.05) is 23.1 Å². The zero-order chi connectivity index (χ0) is 28.0. The van der Waals surface area contributed by atoms with Crippen molar-refractivity contribution in [2.45, 2.75) is 70.6 Å². The topological polar surface area (TPSA) is 88.8 Å². The molecule has 1 amide bonds. The number of amides is 1. The fourth-order valence-corrected chi connectivity index (χ4v) is 5.37. The number of rotatable bonds is 9. The molecular weight excluding hydrogens is 513 g/mol. The number of carbonyl (C=O) groups excluding carboxylic acids is 1. The van der Waals surface area contributed by atoms with E-state index in [9.17, 15) is 28.1 Å². The molecular formula is C28H35F3N4O4. The quantitative estimate of drug-likeness (QED) is 0.281. The van der Waals surface area contributed by atoms with Crippen LogP contribution in [0.25, 0.3) is 0 Å². The van der Waals surface area contributed by atoms with E-state index in [-0.39, 0.29) is 17.9 Å². The van der Waals surface area contributed by atoms with E-state index in [1.165, 1.54) is 6.07 Å². The number of nitrogens with zero attached hydrogens (tertiary/aromatic N) is 4. The fourth-order valence-electron chi connectivity index (χ4n) is 5.37. The zero-order valence-corrected chi connectivity index (χ0v) is 22.2.